The summed E-state index contributed by atoms with van der Waals surface area (Å²) in [6, 6.07) is 9.94. The van der Waals surface area contributed by atoms with Crippen molar-refractivity contribution in [2.45, 2.75) is 44.6 Å². The predicted molar refractivity (Wildman–Crippen MR) is 82.1 cm³/mol. The molecule has 1 aromatic rings. The molecule has 0 heterocycles. The van der Waals surface area contributed by atoms with Gasteiger partial charge in [-0.2, -0.15) is 0 Å². The number of carbonyl (C=O) groups excluding carboxylic acids is 1. The first-order valence-electron chi connectivity index (χ1n) is 7.86. The van der Waals surface area contributed by atoms with Gasteiger partial charge in [0, 0.05) is 19.1 Å². The van der Waals surface area contributed by atoms with Crippen LogP contribution in [-0.2, 0) is 4.79 Å². The largest absolute Gasteiger partial charge is 0.494 e. The Kier molecular flexibility index (Phi) is 6.54. The van der Waals surface area contributed by atoms with Crippen LogP contribution in [0.25, 0.3) is 0 Å². The maximum Gasteiger partial charge on any atom is 0.220 e. The number of amides is 1. The topological polar surface area (TPSA) is 58.6 Å². The van der Waals surface area contributed by atoms with Gasteiger partial charge in [-0.15, -0.1) is 0 Å². The molecule has 0 bridgehead atoms. The minimum absolute atomic E-state index is 0.110. The van der Waals surface area contributed by atoms with E-state index in [-0.39, 0.29) is 18.6 Å². The second-order valence-corrected chi connectivity index (χ2v) is 5.73. The smallest absolute Gasteiger partial charge is 0.220 e. The van der Waals surface area contributed by atoms with E-state index in [1.165, 1.54) is 0 Å². The first-order chi connectivity index (χ1) is 10.3. The van der Waals surface area contributed by atoms with Crippen LogP contribution in [0.1, 0.15) is 38.5 Å². The van der Waals surface area contributed by atoms with Gasteiger partial charge in [0.2, 0.25) is 5.91 Å². The molecule has 0 aliphatic heterocycles. The number of benzene rings is 1. The van der Waals surface area contributed by atoms with Crippen LogP contribution in [0.3, 0.4) is 0 Å². The summed E-state index contributed by atoms with van der Waals surface area (Å²) < 4.78 is 5.57. The Hall–Kier alpha value is -1.55. The van der Waals surface area contributed by atoms with Gasteiger partial charge < -0.3 is 15.2 Å². The molecule has 0 atom stereocenters. The number of aliphatic hydroxyl groups is 1. The van der Waals surface area contributed by atoms with Crippen LogP contribution in [0.5, 0.6) is 5.75 Å². The molecular formula is C17H25NO3. The fraction of sp³-hybridized carbons (Fsp3) is 0.588. The van der Waals surface area contributed by atoms with Crippen molar-refractivity contribution in [1.29, 1.82) is 0 Å². The van der Waals surface area contributed by atoms with Crippen LogP contribution in [0.15, 0.2) is 30.3 Å². The third-order valence-corrected chi connectivity index (χ3v) is 4.03. The van der Waals surface area contributed by atoms with Crippen LogP contribution in [-0.4, -0.2) is 30.3 Å². The Labute approximate surface area is 126 Å². The second-order valence-electron chi connectivity index (χ2n) is 5.73. The maximum absolute atomic E-state index is 11.9. The number of carbonyl (C=O) groups is 1. The molecule has 1 fully saturated rings. The number of para-hydroxylation sites is 1. The van der Waals surface area contributed by atoms with Crippen LogP contribution < -0.4 is 10.1 Å². The molecule has 4 heteroatoms. The molecule has 1 amide bonds. The summed E-state index contributed by atoms with van der Waals surface area (Å²) in [7, 11) is 0. The Morgan fingerprint density at radius 1 is 1.19 bits per heavy atom. The van der Waals surface area contributed by atoms with E-state index in [0.717, 1.165) is 37.9 Å². The minimum atomic E-state index is 0.110. The molecule has 1 aliphatic rings. The zero-order valence-corrected chi connectivity index (χ0v) is 12.5. The predicted octanol–water partition coefficient (Wildman–Crippen LogP) is 2.51. The van der Waals surface area contributed by atoms with E-state index >= 15 is 0 Å². The van der Waals surface area contributed by atoms with Crippen molar-refractivity contribution >= 4 is 5.91 Å². The summed E-state index contributed by atoms with van der Waals surface area (Å²) in [5, 5.41) is 12.2. The second kappa shape index (κ2) is 8.67. The van der Waals surface area contributed by atoms with Gasteiger partial charge in [0.05, 0.1) is 6.61 Å². The molecule has 4 nitrogen and oxygen atoms in total. The lowest BCUT2D eigenvalue weighted by Crippen LogP contribution is -2.38. The molecule has 0 radical (unpaired) electrons. The summed E-state index contributed by atoms with van der Waals surface area (Å²) in [6.07, 6.45) is 5.23. The Bertz CT molecular complexity index is 413. The molecule has 0 spiro atoms. The number of hydrogen-bond acceptors (Lipinski definition) is 3. The van der Waals surface area contributed by atoms with Gasteiger partial charge >= 0.3 is 0 Å². The Morgan fingerprint density at radius 3 is 2.57 bits per heavy atom. The normalized spacial score (nSPS) is 21.8. The molecule has 2 rings (SSSR count). The van der Waals surface area contributed by atoms with Crippen LogP contribution in [0.2, 0.25) is 0 Å². The number of rotatable bonds is 7. The molecule has 1 aromatic carbocycles. The van der Waals surface area contributed by atoms with E-state index < -0.39 is 0 Å². The van der Waals surface area contributed by atoms with Gasteiger partial charge in [0.1, 0.15) is 5.75 Å². The summed E-state index contributed by atoms with van der Waals surface area (Å²) in [5.41, 5.74) is 0. The summed E-state index contributed by atoms with van der Waals surface area (Å²) in [5.74, 6) is 1.39. The fourth-order valence-electron chi connectivity index (χ4n) is 2.73. The van der Waals surface area contributed by atoms with E-state index in [0.29, 0.717) is 18.9 Å². The lowest BCUT2D eigenvalue weighted by molar-refractivity contribution is -0.122. The van der Waals surface area contributed by atoms with Gasteiger partial charge in [-0.3, -0.25) is 4.79 Å². The van der Waals surface area contributed by atoms with E-state index in [4.69, 9.17) is 9.84 Å². The van der Waals surface area contributed by atoms with E-state index in [2.05, 4.69) is 5.32 Å². The first-order valence-corrected chi connectivity index (χ1v) is 7.86. The van der Waals surface area contributed by atoms with Gasteiger partial charge in [0.25, 0.3) is 0 Å². The highest BCUT2D eigenvalue weighted by Gasteiger charge is 2.21. The molecule has 0 saturated heterocycles. The highest BCUT2D eigenvalue weighted by molar-refractivity contribution is 5.76. The van der Waals surface area contributed by atoms with E-state index in [9.17, 15) is 4.79 Å². The molecule has 1 aliphatic carbocycles. The summed E-state index contributed by atoms with van der Waals surface area (Å²) in [4.78, 5) is 11.9. The van der Waals surface area contributed by atoms with Crippen LogP contribution >= 0.6 is 0 Å². The number of ether oxygens (including phenoxy) is 1. The lowest BCUT2D eigenvalue weighted by Gasteiger charge is -2.27. The molecule has 116 valence electrons. The van der Waals surface area contributed by atoms with E-state index in [1.807, 2.05) is 30.3 Å². The number of hydrogen-bond donors (Lipinski definition) is 2. The average Bonchev–Trinajstić information content (AvgIpc) is 2.53. The number of aliphatic hydroxyl groups excluding tert-OH is 1. The third kappa shape index (κ3) is 5.76. The molecule has 0 aromatic heterocycles. The van der Waals surface area contributed by atoms with Crippen LogP contribution in [0, 0.1) is 5.92 Å². The van der Waals surface area contributed by atoms with Crippen molar-refractivity contribution in [2.75, 3.05) is 13.2 Å². The van der Waals surface area contributed by atoms with Gasteiger partial charge in [-0.25, -0.2) is 0 Å². The lowest BCUT2D eigenvalue weighted by atomic mass is 9.86. The highest BCUT2D eigenvalue weighted by atomic mass is 16.5. The average molecular weight is 291 g/mol. The third-order valence-electron chi connectivity index (χ3n) is 4.03. The zero-order valence-electron chi connectivity index (χ0n) is 12.5. The van der Waals surface area contributed by atoms with Crippen molar-refractivity contribution < 1.29 is 14.6 Å². The molecular weight excluding hydrogens is 266 g/mol. The van der Waals surface area contributed by atoms with Crippen molar-refractivity contribution in [3.05, 3.63) is 30.3 Å². The van der Waals surface area contributed by atoms with Crippen molar-refractivity contribution in [1.82, 2.24) is 5.32 Å². The van der Waals surface area contributed by atoms with Gasteiger partial charge in [0.15, 0.2) is 0 Å². The monoisotopic (exact) mass is 291 g/mol. The summed E-state index contributed by atoms with van der Waals surface area (Å²) in [6.45, 7) is 0.839. The SMILES string of the molecule is O=C(CCCOc1ccccc1)NC1CCC(CO)CC1. The van der Waals surface area contributed by atoms with Gasteiger partial charge in [-0.1, -0.05) is 18.2 Å². The van der Waals surface area contributed by atoms with E-state index in [1.54, 1.807) is 0 Å². The minimum Gasteiger partial charge on any atom is -0.494 e. The van der Waals surface area contributed by atoms with Crippen LogP contribution in [0.4, 0.5) is 0 Å². The molecule has 0 unspecified atom stereocenters. The van der Waals surface area contributed by atoms with Crippen molar-refractivity contribution in [3.8, 4) is 5.75 Å². The summed E-state index contributed by atoms with van der Waals surface area (Å²) >= 11 is 0. The van der Waals surface area contributed by atoms with Crippen molar-refractivity contribution in [3.63, 3.8) is 0 Å². The fourth-order valence-corrected chi connectivity index (χ4v) is 2.73. The molecule has 1 saturated carbocycles. The Morgan fingerprint density at radius 2 is 1.90 bits per heavy atom. The molecule has 2 N–H and O–H groups in total. The Balaban J connectivity index is 1.56. The zero-order chi connectivity index (χ0) is 14.9. The standard InChI is InChI=1S/C17H25NO3/c19-13-14-8-10-15(11-9-14)18-17(20)7-4-12-21-16-5-2-1-3-6-16/h1-3,5-6,14-15,19H,4,7-13H2,(H,18,20). The first kappa shape index (κ1) is 15.8. The van der Waals surface area contributed by atoms with Gasteiger partial charge in [-0.05, 0) is 50.2 Å². The maximum atomic E-state index is 11.9. The quantitative estimate of drug-likeness (QED) is 0.759. The van der Waals surface area contributed by atoms with Crippen molar-refractivity contribution in [2.24, 2.45) is 5.92 Å². The molecule has 21 heavy (non-hydrogen) atoms. The number of nitrogens with one attached hydrogen (secondary N) is 1. The highest BCUT2D eigenvalue weighted by Crippen LogP contribution is 2.23.